The predicted molar refractivity (Wildman–Crippen MR) is 99.8 cm³/mol. The number of nitrogens with one attached hydrogen (secondary N) is 2. The van der Waals surface area contributed by atoms with Crippen LogP contribution in [0.2, 0.25) is 5.02 Å². The summed E-state index contributed by atoms with van der Waals surface area (Å²) in [5, 5.41) is 0.828. The highest BCUT2D eigenvalue weighted by molar-refractivity contribution is 6.30. The predicted octanol–water partition coefficient (Wildman–Crippen LogP) is 0.841. The average Bonchev–Trinajstić information content (AvgIpc) is 2.63. The number of piperazine rings is 1. The van der Waals surface area contributed by atoms with Crippen LogP contribution in [0.1, 0.15) is 11.1 Å². The topological polar surface area (TPSA) is 27.3 Å². The third kappa shape index (κ3) is 4.88. The standard InChI is InChI=1S/C20H25ClN2O2/c1-24-19-7-6-17(13-20(19)25-2)15-23-10-8-22(9-11-23)14-16-4-3-5-18(21)12-16/h3-7,12-13H,8-11,14-15H2,1-2H3/p+2. The van der Waals surface area contributed by atoms with Gasteiger partial charge in [0.1, 0.15) is 39.3 Å². The van der Waals surface area contributed by atoms with Crippen LogP contribution in [-0.4, -0.2) is 40.4 Å². The van der Waals surface area contributed by atoms with Crippen LogP contribution in [0.25, 0.3) is 0 Å². The molecule has 0 amide bonds. The molecule has 25 heavy (non-hydrogen) atoms. The van der Waals surface area contributed by atoms with E-state index in [0.717, 1.165) is 29.6 Å². The lowest BCUT2D eigenvalue weighted by molar-refractivity contribution is -1.02. The number of halogens is 1. The monoisotopic (exact) mass is 362 g/mol. The van der Waals surface area contributed by atoms with Gasteiger partial charge in [0.05, 0.1) is 14.2 Å². The average molecular weight is 363 g/mol. The maximum atomic E-state index is 6.09. The van der Waals surface area contributed by atoms with E-state index in [9.17, 15) is 0 Å². The Hall–Kier alpha value is -1.75. The Labute approximate surface area is 154 Å². The highest BCUT2D eigenvalue weighted by Gasteiger charge is 2.23. The molecule has 3 rings (SSSR count). The summed E-state index contributed by atoms with van der Waals surface area (Å²) in [6.45, 7) is 6.84. The van der Waals surface area contributed by atoms with Crippen molar-refractivity contribution in [3.05, 3.63) is 58.6 Å². The fraction of sp³-hybridized carbons (Fsp3) is 0.400. The largest absolute Gasteiger partial charge is 0.493 e. The van der Waals surface area contributed by atoms with Gasteiger partial charge in [-0.2, -0.15) is 0 Å². The molecule has 0 unspecified atom stereocenters. The molecule has 1 aliphatic rings. The van der Waals surface area contributed by atoms with Crippen molar-refractivity contribution in [3.63, 3.8) is 0 Å². The third-order valence-electron chi connectivity index (χ3n) is 4.91. The molecule has 0 radical (unpaired) electrons. The van der Waals surface area contributed by atoms with Gasteiger partial charge in [0.25, 0.3) is 0 Å². The van der Waals surface area contributed by atoms with Gasteiger partial charge in [-0.1, -0.05) is 23.7 Å². The Morgan fingerprint density at radius 3 is 1.96 bits per heavy atom. The first kappa shape index (κ1) is 18.1. The molecule has 1 heterocycles. The highest BCUT2D eigenvalue weighted by atomic mass is 35.5. The van der Waals surface area contributed by atoms with E-state index in [4.69, 9.17) is 21.1 Å². The van der Waals surface area contributed by atoms with Crippen molar-refractivity contribution >= 4 is 11.6 Å². The van der Waals surface area contributed by atoms with E-state index < -0.39 is 0 Å². The number of hydrogen-bond donors (Lipinski definition) is 2. The van der Waals surface area contributed by atoms with Gasteiger partial charge in [0.2, 0.25) is 0 Å². The van der Waals surface area contributed by atoms with Gasteiger partial charge < -0.3 is 19.3 Å². The van der Waals surface area contributed by atoms with Gasteiger partial charge in [-0.25, -0.2) is 0 Å². The first-order valence-electron chi connectivity index (χ1n) is 8.80. The SMILES string of the molecule is COc1ccc(C[NH+]2CC[NH+](Cc3cccc(Cl)c3)CC2)cc1OC. The minimum absolute atomic E-state index is 0.789. The third-order valence-corrected chi connectivity index (χ3v) is 5.14. The van der Waals surface area contributed by atoms with Gasteiger partial charge in [-0.15, -0.1) is 0 Å². The summed E-state index contributed by atoms with van der Waals surface area (Å²) in [4.78, 5) is 3.26. The first-order valence-corrected chi connectivity index (χ1v) is 9.18. The van der Waals surface area contributed by atoms with Crippen LogP contribution in [0.3, 0.4) is 0 Å². The quantitative estimate of drug-likeness (QED) is 0.797. The number of rotatable bonds is 6. The summed E-state index contributed by atoms with van der Waals surface area (Å²) in [5.74, 6) is 1.60. The van der Waals surface area contributed by atoms with Crippen molar-refractivity contribution in [1.29, 1.82) is 0 Å². The van der Waals surface area contributed by atoms with Gasteiger partial charge in [-0.05, 0) is 30.3 Å². The maximum absolute atomic E-state index is 6.09. The molecular weight excluding hydrogens is 336 g/mol. The van der Waals surface area contributed by atoms with Crippen molar-refractivity contribution in [3.8, 4) is 11.5 Å². The van der Waals surface area contributed by atoms with E-state index in [2.05, 4.69) is 24.3 Å². The number of hydrogen-bond acceptors (Lipinski definition) is 2. The minimum Gasteiger partial charge on any atom is -0.493 e. The lowest BCUT2D eigenvalue weighted by atomic mass is 10.1. The van der Waals surface area contributed by atoms with Crippen molar-refractivity contribution in [2.24, 2.45) is 0 Å². The van der Waals surface area contributed by atoms with Crippen LogP contribution < -0.4 is 19.3 Å². The van der Waals surface area contributed by atoms with Crippen molar-refractivity contribution in [1.82, 2.24) is 0 Å². The molecule has 134 valence electrons. The Balaban J connectivity index is 1.52. The van der Waals surface area contributed by atoms with E-state index in [-0.39, 0.29) is 0 Å². The van der Waals surface area contributed by atoms with Gasteiger partial charge >= 0.3 is 0 Å². The Kier molecular flexibility index (Phi) is 6.19. The Morgan fingerprint density at radius 1 is 0.800 bits per heavy atom. The molecule has 1 saturated heterocycles. The van der Waals surface area contributed by atoms with Crippen LogP contribution in [0.4, 0.5) is 0 Å². The molecule has 0 saturated carbocycles. The van der Waals surface area contributed by atoms with E-state index in [1.165, 1.54) is 37.3 Å². The maximum Gasteiger partial charge on any atom is 0.161 e. The van der Waals surface area contributed by atoms with Crippen LogP contribution in [0, 0.1) is 0 Å². The zero-order chi connectivity index (χ0) is 17.6. The second-order valence-corrected chi connectivity index (χ2v) is 7.11. The zero-order valence-corrected chi connectivity index (χ0v) is 15.7. The molecule has 5 heteroatoms. The van der Waals surface area contributed by atoms with Crippen LogP contribution >= 0.6 is 11.6 Å². The number of quaternary nitrogens is 2. The van der Waals surface area contributed by atoms with Gasteiger partial charge in [0, 0.05) is 16.1 Å². The molecule has 0 bridgehead atoms. The zero-order valence-electron chi connectivity index (χ0n) is 15.0. The summed E-state index contributed by atoms with van der Waals surface area (Å²) in [6.07, 6.45) is 0. The number of benzene rings is 2. The summed E-state index contributed by atoms with van der Waals surface area (Å²) in [7, 11) is 3.36. The van der Waals surface area contributed by atoms with Crippen molar-refractivity contribution in [2.45, 2.75) is 13.1 Å². The normalized spacial score (nSPS) is 20.3. The van der Waals surface area contributed by atoms with Crippen LogP contribution in [-0.2, 0) is 13.1 Å². The Bertz CT molecular complexity index is 700. The van der Waals surface area contributed by atoms with Crippen molar-refractivity contribution < 1.29 is 19.3 Å². The molecular formula is C20H27ClN2O2+2. The summed E-state index contributed by atoms with van der Waals surface area (Å²) < 4.78 is 10.7. The minimum atomic E-state index is 0.789. The molecule has 0 atom stereocenters. The Morgan fingerprint density at radius 2 is 1.40 bits per heavy atom. The molecule has 0 aliphatic carbocycles. The van der Waals surface area contributed by atoms with Gasteiger partial charge in [0.15, 0.2) is 11.5 Å². The highest BCUT2D eigenvalue weighted by Crippen LogP contribution is 2.27. The lowest BCUT2D eigenvalue weighted by Gasteiger charge is -2.30. The molecule has 2 N–H and O–H groups in total. The van der Waals surface area contributed by atoms with E-state index in [1.54, 1.807) is 24.0 Å². The molecule has 1 aliphatic heterocycles. The van der Waals surface area contributed by atoms with Crippen LogP contribution in [0.15, 0.2) is 42.5 Å². The summed E-state index contributed by atoms with van der Waals surface area (Å²) in [6, 6.07) is 14.4. The second-order valence-electron chi connectivity index (χ2n) is 6.67. The molecule has 1 fully saturated rings. The second kappa shape index (κ2) is 8.56. The lowest BCUT2D eigenvalue weighted by Crippen LogP contribution is -3.27. The fourth-order valence-electron chi connectivity index (χ4n) is 3.53. The van der Waals surface area contributed by atoms with E-state index in [0.29, 0.717) is 0 Å². The fourth-order valence-corrected chi connectivity index (χ4v) is 3.74. The smallest absolute Gasteiger partial charge is 0.161 e. The summed E-state index contributed by atoms with van der Waals surface area (Å²) >= 11 is 6.09. The summed E-state index contributed by atoms with van der Waals surface area (Å²) in [5.41, 5.74) is 2.62. The van der Waals surface area contributed by atoms with Crippen molar-refractivity contribution in [2.75, 3.05) is 40.4 Å². The van der Waals surface area contributed by atoms with Gasteiger partial charge in [-0.3, -0.25) is 0 Å². The molecule has 0 aromatic heterocycles. The number of methoxy groups -OCH3 is 2. The van der Waals surface area contributed by atoms with E-state index in [1.807, 2.05) is 18.2 Å². The molecule has 2 aromatic carbocycles. The molecule has 2 aromatic rings. The van der Waals surface area contributed by atoms with E-state index >= 15 is 0 Å². The van der Waals surface area contributed by atoms with Crippen LogP contribution in [0.5, 0.6) is 11.5 Å². The first-order chi connectivity index (χ1) is 12.2. The number of ether oxygens (including phenoxy) is 2. The molecule has 0 spiro atoms. The molecule has 4 nitrogen and oxygen atoms in total.